The first-order chi connectivity index (χ1) is 24.6. The average molecular weight is 733 g/mol. The third-order valence-corrected chi connectivity index (χ3v) is 8.09. The molecule has 3 heterocycles. The highest BCUT2D eigenvalue weighted by molar-refractivity contribution is 7.48. The summed E-state index contributed by atoms with van der Waals surface area (Å²) in [5.74, 6) is -1.73. The summed E-state index contributed by atoms with van der Waals surface area (Å²) in [5, 5.41) is 4.96. The number of anilines is 1. The molecule has 0 bridgehead atoms. The second-order valence-electron chi connectivity index (χ2n) is 10.6. The van der Waals surface area contributed by atoms with E-state index in [4.69, 9.17) is 32.8 Å². The number of rotatable bonds is 19. The Morgan fingerprint density at radius 3 is 2.57 bits per heavy atom. The Kier molecular flexibility index (Phi) is 14.3. The van der Waals surface area contributed by atoms with E-state index in [0.29, 0.717) is 5.65 Å². The lowest BCUT2D eigenvalue weighted by Gasteiger charge is -2.23. The Hall–Kier alpha value is -5.04. The average Bonchev–Trinajstić information content (AvgIpc) is 3.72. The molecule has 51 heavy (non-hydrogen) atoms. The largest absolute Gasteiger partial charge is 0.502 e. The van der Waals surface area contributed by atoms with Gasteiger partial charge in [0.1, 0.15) is 38.0 Å². The fourth-order valence-corrected chi connectivity index (χ4v) is 5.67. The van der Waals surface area contributed by atoms with E-state index < -0.39 is 63.5 Å². The maximum atomic E-state index is 13.6. The van der Waals surface area contributed by atoms with Gasteiger partial charge in [0, 0.05) is 13.3 Å². The number of amides is 2. The van der Waals surface area contributed by atoms with E-state index in [9.17, 15) is 23.7 Å². The molecule has 1 saturated heterocycles. The molecule has 0 aliphatic carbocycles. The maximum absolute atomic E-state index is 13.6. The van der Waals surface area contributed by atoms with Gasteiger partial charge in [-0.2, -0.15) is 0 Å². The number of aromatic nitrogens is 4. The molecule has 274 valence electrons. The number of hydrogen-bond donors (Lipinski definition) is 2. The maximum Gasteiger partial charge on any atom is 0.502 e. The van der Waals surface area contributed by atoms with Crippen molar-refractivity contribution in [2.24, 2.45) is 0 Å². The minimum Gasteiger partial charge on any atom is -0.467 e. The molecule has 0 saturated carbocycles. The van der Waals surface area contributed by atoms with E-state index in [1.165, 1.54) is 31.7 Å². The number of nitrogens with one attached hydrogen (secondary N) is 2. The van der Waals surface area contributed by atoms with Crippen LogP contribution >= 0.6 is 7.82 Å². The van der Waals surface area contributed by atoms with Gasteiger partial charge in [-0.25, -0.2) is 34.0 Å². The second kappa shape index (κ2) is 18.8. The third kappa shape index (κ3) is 11.2. The summed E-state index contributed by atoms with van der Waals surface area (Å²) in [6, 6.07) is 7.66. The number of benzene rings is 1. The first-order valence-corrected chi connectivity index (χ1v) is 16.8. The van der Waals surface area contributed by atoms with Crippen LogP contribution in [0.2, 0.25) is 0 Å². The quantitative estimate of drug-likeness (QED) is 0.0343. The van der Waals surface area contributed by atoms with Crippen molar-refractivity contribution < 1.29 is 61.3 Å². The van der Waals surface area contributed by atoms with E-state index in [1.807, 2.05) is 30.3 Å². The van der Waals surface area contributed by atoms with Gasteiger partial charge in [0.05, 0.1) is 33.1 Å². The predicted octanol–water partition coefficient (Wildman–Crippen LogP) is 2.96. The Morgan fingerprint density at radius 1 is 1.10 bits per heavy atom. The van der Waals surface area contributed by atoms with Crippen LogP contribution in [-0.4, -0.2) is 95.2 Å². The number of phosphoric ester groups is 1. The molecule has 4 rings (SSSR count). The molecule has 0 radical (unpaired) electrons. The third-order valence-electron chi connectivity index (χ3n) is 6.87. The van der Waals surface area contributed by atoms with Gasteiger partial charge in [-0.3, -0.25) is 23.2 Å². The zero-order chi connectivity index (χ0) is 36.8. The molecule has 0 spiro atoms. The monoisotopic (exact) mass is 732 g/mol. The second-order valence-corrected chi connectivity index (χ2v) is 12.1. The van der Waals surface area contributed by atoms with Crippen molar-refractivity contribution in [2.75, 3.05) is 38.9 Å². The number of phosphoric acid groups is 1. The lowest BCUT2D eigenvalue weighted by Crippen LogP contribution is -2.44. The number of fused-ring (bicyclic) bond motifs is 1. The zero-order valence-electron chi connectivity index (χ0n) is 27.7. The van der Waals surface area contributed by atoms with Crippen LogP contribution in [0.4, 0.5) is 10.6 Å². The smallest absolute Gasteiger partial charge is 0.467 e. The molecule has 1 fully saturated rings. The molecule has 1 aliphatic rings. The molecule has 3 aromatic rings. The molecular weight excluding hydrogens is 695 g/mol. The van der Waals surface area contributed by atoms with Gasteiger partial charge in [0.15, 0.2) is 23.0 Å². The van der Waals surface area contributed by atoms with Crippen molar-refractivity contribution in [1.29, 1.82) is 0 Å². The number of methoxy groups -OCH3 is 1. The Labute approximate surface area is 291 Å². The minimum absolute atomic E-state index is 0.0822. The van der Waals surface area contributed by atoms with Gasteiger partial charge >= 0.3 is 25.9 Å². The van der Waals surface area contributed by atoms with Crippen molar-refractivity contribution in [1.82, 2.24) is 24.8 Å². The molecule has 20 heteroatoms. The van der Waals surface area contributed by atoms with E-state index in [2.05, 4.69) is 43.5 Å². The fraction of sp³-hybridized carbons (Fsp3) is 0.387. The molecule has 1 aliphatic heterocycles. The first-order valence-electron chi connectivity index (χ1n) is 15.3. The van der Waals surface area contributed by atoms with Crippen molar-refractivity contribution in [3.63, 3.8) is 0 Å². The van der Waals surface area contributed by atoms with Crippen molar-refractivity contribution in [3.8, 4) is 0 Å². The standard InChI is InChI=1S/C31H37N6O13P/c1-5-12-44-31(41)35-22(30(40)43-4)16-46-51(42,50-45-13-6-2)47-17-24-23(48-20(3)38)15-26(49-24)37-19-34-27-28(32-18-33-29(27)37)36-25(39)14-21-10-8-7-9-11-21/h5-11,18-19,22-24,26H,1-2,12-17H2,3-4H3,(H,35,41)(H,32,33,36,39)/t22-,23-,24+,26+,51?/m0/s1. The summed E-state index contributed by atoms with van der Waals surface area (Å²) in [5.41, 5.74) is 1.39. The number of hydrogen-bond acceptors (Lipinski definition) is 16. The van der Waals surface area contributed by atoms with Crippen LogP contribution < -0.4 is 10.6 Å². The molecule has 2 aromatic heterocycles. The molecule has 1 aromatic carbocycles. The highest BCUT2D eigenvalue weighted by atomic mass is 31.2. The molecule has 2 amide bonds. The highest BCUT2D eigenvalue weighted by Crippen LogP contribution is 2.50. The molecule has 5 atom stereocenters. The van der Waals surface area contributed by atoms with E-state index in [1.54, 1.807) is 4.57 Å². The van der Waals surface area contributed by atoms with Crippen LogP contribution in [-0.2, 0) is 62.9 Å². The highest BCUT2D eigenvalue weighted by Gasteiger charge is 2.42. The summed E-state index contributed by atoms with van der Waals surface area (Å²) >= 11 is 0. The van der Waals surface area contributed by atoms with Gasteiger partial charge in [-0.15, -0.1) is 11.3 Å². The van der Waals surface area contributed by atoms with Crippen LogP contribution in [0.5, 0.6) is 0 Å². The molecular formula is C31H37N6O13P. The fourth-order valence-electron chi connectivity index (χ4n) is 4.65. The SMILES string of the molecule is C=CCOOP(=O)(OC[C@H](NC(=O)OCC=C)C(=O)OC)OC[C@H]1O[C@@H](n2cnc3c(NC(=O)Cc4ccccc4)ncnc32)C[C@@H]1OC(C)=O. The zero-order valence-corrected chi connectivity index (χ0v) is 28.6. The van der Waals surface area contributed by atoms with Crippen LogP contribution in [0.3, 0.4) is 0 Å². The summed E-state index contributed by atoms with van der Waals surface area (Å²) in [4.78, 5) is 66.8. The van der Waals surface area contributed by atoms with Gasteiger partial charge in [-0.05, 0) is 5.56 Å². The number of carbonyl (C=O) groups is 4. The number of esters is 2. The lowest BCUT2D eigenvalue weighted by atomic mass is 10.1. The van der Waals surface area contributed by atoms with Gasteiger partial charge in [0.2, 0.25) is 5.91 Å². The number of alkyl carbamates (subject to hydrolysis) is 1. The molecule has 1 unspecified atom stereocenters. The van der Waals surface area contributed by atoms with Crippen LogP contribution in [0, 0.1) is 0 Å². The van der Waals surface area contributed by atoms with Crippen molar-refractivity contribution >= 4 is 48.7 Å². The Bertz CT molecular complexity index is 1740. The van der Waals surface area contributed by atoms with E-state index in [-0.39, 0.29) is 43.3 Å². The number of imidazole rings is 1. The topological polar surface area (TPSA) is 227 Å². The minimum atomic E-state index is -4.68. The van der Waals surface area contributed by atoms with Gasteiger partial charge in [-0.1, -0.05) is 49.1 Å². The predicted molar refractivity (Wildman–Crippen MR) is 175 cm³/mol. The summed E-state index contributed by atoms with van der Waals surface area (Å²) in [7, 11) is -3.62. The van der Waals surface area contributed by atoms with Crippen molar-refractivity contribution in [2.45, 2.75) is 44.2 Å². The van der Waals surface area contributed by atoms with Gasteiger partial charge < -0.3 is 29.6 Å². The van der Waals surface area contributed by atoms with Crippen LogP contribution in [0.25, 0.3) is 11.2 Å². The molecule has 19 nitrogen and oxygen atoms in total. The Balaban J connectivity index is 1.48. The Morgan fingerprint density at radius 2 is 1.86 bits per heavy atom. The molecule has 2 N–H and O–H groups in total. The first kappa shape index (κ1) is 38.8. The summed E-state index contributed by atoms with van der Waals surface area (Å²) < 4.78 is 52.0. The number of nitrogens with zero attached hydrogens (tertiary/aromatic N) is 4. The number of carbonyl (C=O) groups excluding carboxylic acids is 4. The lowest BCUT2D eigenvalue weighted by molar-refractivity contribution is -0.219. The normalized spacial score (nSPS) is 18.6. The number of ether oxygens (including phenoxy) is 4. The summed E-state index contributed by atoms with van der Waals surface area (Å²) in [6.07, 6.45) is 1.65. The van der Waals surface area contributed by atoms with E-state index in [0.717, 1.165) is 12.7 Å². The van der Waals surface area contributed by atoms with Crippen LogP contribution in [0.1, 0.15) is 25.1 Å². The van der Waals surface area contributed by atoms with Crippen LogP contribution in [0.15, 0.2) is 68.3 Å². The van der Waals surface area contributed by atoms with Crippen molar-refractivity contribution in [3.05, 3.63) is 73.9 Å². The summed E-state index contributed by atoms with van der Waals surface area (Å²) in [6.45, 7) is 6.41. The van der Waals surface area contributed by atoms with Gasteiger partial charge in [0.25, 0.3) is 0 Å². The van der Waals surface area contributed by atoms with E-state index >= 15 is 0 Å².